The molecule has 2 fully saturated rings. The van der Waals surface area contributed by atoms with Crippen LogP contribution < -0.4 is 10.6 Å². The van der Waals surface area contributed by atoms with E-state index >= 15 is 0 Å². The van der Waals surface area contributed by atoms with E-state index in [9.17, 15) is 9.59 Å². The third-order valence-corrected chi connectivity index (χ3v) is 9.16. The van der Waals surface area contributed by atoms with Gasteiger partial charge in [0.15, 0.2) is 0 Å². The van der Waals surface area contributed by atoms with Crippen molar-refractivity contribution in [2.45, 2.75) is 69.9 Å². The second-order valence-corrected chi connectivity index (χ2v) is 13.7. The Kier molecular flexibility index (Phi) is 8.56. The van der Waals surface area contributed by atoms with Gasteiger partial charge in [-0.15, -0.1) is 0 Å². The molecule has 39 heavy (non-hydrogen) atoms. The van der Waals surface area contributed by atoms with Gasteiger partial charge in [-0.05, 0) is 66.6 Å². The van der Waals surface area contributed by atoms with E-state index in [1.807, 2.05) is 30.3 Å². The number of nitrogens with one attached hydrogen (secondary N) is 2. The molecule has 2 aromatic carbocycles. The summed E-state index contributed by atoms with van der Waals surface area (Å²) in [7, 11) is 0. The highest BCUT2D eigenvalue weighted by molar-refractivity contribution is 9.10. The Bertz CT molecular complexity index is 1230. The Morgan fingerprint density at radius 2 is 1.92 bits per heavy atom. The van der Waals surface area contributed by atoms with Crippen molar-refractivity contribution < 1.29 is 14.3 Å². The summed E-state index contributed by atoms with van der Waals surface area (Å²) in [5.41, 5.74) is 1.66. The van der Waals surface area contributed by atoms with Crippen LogP contribution in [-0.4, -0.2) is 61.5 Å². The Balaban J connectivity index is 1.50. The molecule has 4 atom stereocenters. The predicted molar refractivity (Wildman–Crippen MR) is 160 cm³/mol. The molecule has 0 bridgehead atoms. The topological polar surface area (TPSA) is 70.7 Å². The van der Waals surface area contributed by atoms with E-state index in [4.69, 9.17) is 16.3 Å². The number of amides is 1. The number of nitrogens with zero attached hydrogens (tertiary/aromatic N) is 1. The Hall–Kier alpha value is -1.77. The molecule has 8 heteroatoms. The van der Waals surface area contributed by atoms with Crippen molar-refractivity contribution in [3.8, 4) is 0 Å². The van der Waals surface area contributed by atoms with Crippen LogP contribution in [0, 0.1) is 5.41 Å². The van der Waals surface area contributed by atoms with E-state index in [1.54, 1.807) is 0 Å². The van der Waals surface area contributed by atoms with Gasteiger partial charge in [0.25, 0.3) is 0 Å². The number of hydrogen-bond donors (Lipinski definition) is 2. The van der Waals surface area contributed by atoms with Crippen molar-refractivity contribution in [3.05, 3.63) is 63.1 Å². The first-order valence-corrected chi connectivity index (χ1v) is 15.2. The van der Waals surface area contributed by atoms with E-state index in [-0.39, 0.29) is 29.1 Å². The molecule has 0 saturated carbocycles. The van der Waals surface area contributed by atoms with Crippen LogP contribution in [0.5, 0.6) is 0 Å². The van der Waals surface area contributed by atoms with E-state index in [1.165, 1.54) is 0 Å². The fourth-order valence-corrected chi connectivity index (χ4v) is 7.38. The maximum atomic E-state index is 14.2. The number of anilines is 1. The molecule has 1 amide bonds. The van der Waals surface area contributed by atoms with E-state index in [2.05, 4.69) is 64.4 Å². The van der Waals surface area contributed by atoms with E-state index in [0.717, 1.165) is 73.4 Å². The second-order valence-electron chi connectivity index (χ2n) is 12.4. The van der Waals surface area contributed by atoms with Crippen LogP contribution in [0.15, 0.2) is 46.9 Å². The number of unbranched alkanes of at least 4 members (excludes halogenated alkanes) is 1. The predicted octanol–water partition coefficient (Wildman–Crippen LogP) is 5.92. The van der Waals surface area contributed by atoms with Gasteiger partial charge in [0.1, 0.15) is 11.2 Å². The number of fused-ring (bicyclic) bond motifs is 2. The summed E-state index contributed by atoms with van der Waals surface area (Å²) in [5.74, 6) is -0.237. The molecule has 3 heterocycles. The first kappa shape index (κ1) is 28.7. The highest BCUT2D eigenvalue weighted by atomic mass is 79.9. The normalized spacial score (nSPS) is 27.1. The minimum atomic E-state index is -0.928. The summed E-state index contributed by atoms with van der Waals surface area (Å²) in [6, 6.07) is 13.1. The van der Waals surface area contributed by atoms with Crippen molar-refractivity contribution >= 4 is 44.9 Å². The summed E-state index contributed by atoms with van der Waals surface area (Å²) in [6.45, 7) is 11.0. The fourth-order valence-electron chi connectivity index (χ4n) is 6.79. The molecule has 0 radical (unpaired) electrons. The number of carbonyl (C=O) groups excluding carboxylic acids is 2. The Labute approximate surface area is 245 Å². The number of ether oxygens (including phenoxy) is 1. The van der Waals surface area contributed by atoms with Gasteiger partial charge in [-0.2, -0.15) is 0 Å². The van der Waals surface area contributed by atoms with Gasteiger partial charge < -0.3 is 15.4 Å². The van der Waals surface area contributed by atoms with Crippen LogP contribution in [0.4, 0.5) is 5.69 Å². The van der Waals surface area contributed by atoms with Gasteiger partial charge >= 0.3 is 0 Å². The van der Waals surface area contributed by atoms with Gasteiger partial charge in [0, 0.05) is 46.7 Å². The van der Waals surface area contributed by atoms with E-state index < -0.39 is 11.5 Å². The van der Waals surface area contributed by atoms with Gasteiger partial charge in [-0.1, -0.05) is 66.5 Å². The van der Waals surface area contributed by atoms with E-state index in [0.29, 0.717) is 11.4 Å². The van der Waals surface area contributed by atoms with Crippen LogP contribution in [-0.2, 0) is 19.7 Å². The highest BCUT2D eigenvalue weighted by Crippen LogP contribution is 2.57. The zero-order valence-electron chi connectivity index (χ0n) is 23.1. The van der Waals surface area contributed by atoms with Gasteiger partial charge in [-0.3, -0.25) is 14.5 Å². The van der Waals surface area contributed by atoms with Gasteiger partial charge in [0.05, 0.1) is 19.3 Å². The molecule has 0 unspecified atom stereocenters. The van der Waals surface area contributed by atoms with Crippen molar-refractivity contribution in [2.24, 2.45) is 5.41 Å². The molecule has 1 spiro atoms. The standard InChI is InChI=1S/C31H39BrClN3O3/c1-30(2,3)19-26-31(23-11-10-22(33)18-24(23)34-29(31)38)27(20-7-6-8-21(32)17-20)28(35-26)25(37)9-4-5-12-36-13-15-39-16-14-36/h6-8,10-11,17-18,26-28,35H,4-5,9,12-16,19H2,1-3H3,(H,34,38)/t26-,27+,28+,31+/m1/s1. The molecular weight excluding hydrogens is 578 g/mol. The van der Waals surface area contributed by atoms with Crippen molar-refractivity contribution in [1.82, 2.24) is 10.2 Å². The smallest absolute Gasteiger partial charge is 0.237 e. The summed E-state index contributed by atoms with van der Waals surface area (Å²) in [5, 5.41) is 7.47. The van der Waals surface area contributed by atoms with Crippen LogP contribution in [0.1, 0.15) is 63.5 Å². The number of ketones is 1. The molecule has 2 saturated heterocycles. The molecule has 0 aliphatic carbocycles. The van der Waals surface area contributed by atoms with Gasteiger partial charge in [-0.25, -0.2) is 0 Å². The number of morpholine rings is 1. The molecule has 5 rings (SSSR count). The van der Waals surface area contributed by atoms with Crippen molar-refractivity contribution in [2.75, 3.05) is 38.2 Å². The summed E-state index contributed by atoms with van der Waals surface area (Å²) in [6.07, 6.45) is 3.03. The average Bonchev–Trinajstić information content (AvgIpc) is 3.36. The number of hydrogen-bond acceptors (Lipinski definition) is 5. The molecule has 3 aliphatic heterocycles. The summed E-state index contributed by atoms with van der Waals surface area (Å²) >= 11 is 9.99. The van der Waals surface area contributed by atoms with Crippen molar-refractivity contribution in [3.63, 3.8) is 0 Å². The molecular formula is C31H39BrClN3O3. The Morgan fingerprint density at radius 3 is 2.64 bits per heavy atom. The van der Waals surface area contributed by atoms with Crippen molar-refractivity contribution in [1.29, 1.82) is 0 Å². The number of Topliss-reactive ketones (excluding diaryl/α,β-unsaturated/α-hetero) is 1. The van der Waals surface area contributed by atoms with Crippen LogP contribution in [0.25, 0.3) is 0 Å². The zero-order valence-corrected chi connectivity index (χ0v) is 25.4. The second kappa shape index (κ2) is 11.6. The number of benzene rings is 2. The lowest BCUT2D eigenvalue weighted by Crippen LogP contribution is -2.49. The SMILES string of the molecule is CC(C)(C)C[C@H]1N[C@@H](C(=O)CCCCN2CCOCC2)[C@H](c2cccc(Br)c2)[C@@]12C(=O)Nc1cc(Cl)ccc12. The summed E-state index contributed by atoms with van der Waals surface area (Å²) < 4.78 is 6.39. The Morgan fingerprint density at radius 1 is 1.15 bits per heavy atom. The molecule has 2 N–H and O–H groups in total. The highest BCUT2D eigenvalue weighted by Gasteiger charge is 2.65. The minimum Gasteiger partial charge on any atom is -0.379 e. The first-order valence-electron chi connectivity index (χ1n) is 14.1. The minimum absolute atomic E-state index is 0.0575. The maximum absolute atomic E-state index is 14.2. The molecule has 3 aliphatic rings. The van der Waals surface area contributed by atoms with Crippen LogP contribution >= 0.6 is 27.5 Å². The monoisotopic (exact) mass is 615 g/mol. The fraction of sp³-hybridized carbons (Fsp3) is 0.548. The number of carbonyl (C=O) groups is 2. The quantitative estimate of drug-likeness (QED) is 0.360. The van der Waals surface area contributed by atoms with Crippen LogP contribution in [0.2, 0.25) is 5.02 Å². The third kappa shape index (κ3) is 5.84. The summed E-state index contributed by atoms with van der Waals surface area (Å²) in [4.78, 5) is 30.6. The molecule has 210 valence electrons. The average molecular weight is 617 g/mol. The third-order valence-electron chi connectivity index (χ3n) is 8.43. The maximum Gasteiger partial charge on any atom is 0.237 e. The van der Waals surface area contributed by atoms with Crippen LogP contribution in [0.3, 0.4) is 0 Å². The lowest BCUT2D eigenvalue weighted by atomic mass is 9.62. The molecule has 6 nitrogen and oxygen atoms in total. The number of rotatable bonds is 8. The van der Waals surface area contributed by atoms with Gasteiger partial charge in [0.2, 0.25) is 5.91 Å². The number of halogens is 2. The zero-order chi connectivity index (χ0) is 27.8. The lowest BCUT2D eigenvalue weighted by molar-refractivity contribution is -0.122. The lowest BCUT2D eigenvalue weighted by Gasteiger charge is -2.37. The largest absolute Gasteiger partial charge is 0.379 e. The molecule has 2 aromatic rings. The molecule has 0 aromatic heterocycles. The first-order chi connectivity index (χ1) is 18.6.